The smallest absolute Gasteiger partial charge is 0.145 e. The highest BCUT2D eigenvalue weighted by atomic mass is 32.2. The number of nitrogens with two attached hydrogens (primary N) is 1. The summed E-state index contributed by atoms with van der Waals surface area (Å²) >= 11 is 1.92. The second-order valence-electron chi connectivity index (χ2n) is 2.96. The van der Waals surface area contributed by atoms with E-state index in [4.69, 9.17) is 10.5 Å². The van der Waals surface area contributed by atoms with Gasteiger partial charge < -0.3 is 10.5 Å². The molecule has 0 aliphatic carbocycles. The first kappa shape index (κ1) is 11.4. The lowest BCUT2D eigenvalue weighted by atomic mass is 10.5. The highest BCUT2D eigenvalue weighted by Gasteiger charge is 1.94. The lowest BCUT2D eigenvalue weighted by Gasteiger charge is -2.01. The number of rotatable bonds is 7. The van der Waals surface area contributed by atoms with Crippen LogP contribution in [-0.2, 0) is 11.3 Å². The van der Waals surface area contributed by atoms with Crippen LogP contribution in [0.25, 0.3) is 0 Å². The minimum Gasteiger partial charge on any atom is -0.385 e. The van der Waals surface area contributed by atoms with E-state index in [-0.39, 0.29) is 0 Å². The minimum atomic E-state index is 0.592. The fourth-order valence-corrected chi connectivity index (χ4v) is 1.91. The molecule has 5 heteroatoms. The number of methoxy groups -OCH3 is 1. The van der Waals surface area contributed by atoms with Crippen molar-refractivity contribution in [1.29, 1.82) is 0 Å². The van der Waals surface area contributed by atoms with Crippen molar-refractivity contribution in [3.63, 3.8) is 0 Å². The van der Waals surface area contributed by atoms with Crippen molar-refractivity contribution in [2.24, 2.45) is 0 Å². The van der Waals surface area contributed by atoms with E-state index in [1.165, 1.54) is 0 Å². The number of nitrogens with zero attached hydrogens (tertiary/aromatic N) is 2. The minimum absolute atomic E-state index is 0.592. The summed E-state index contributed by atoms with van der Waals surface area (Å²) in [6, 6.07) is 1.82. The number of hydrogen-bond acceptors (Lipinski definition) is 4. The van der Waals surface area contributed by atoms with Crippen molar-refractivity contribution < 1.29 is 4.74 Å². The first-order valence-electron chi connectivity index (χ1n) is 4.68. The third-order valence-corrected chi connectivity index (χ3v) is 2.81. The summed E-state index contributed by atoms with van der Waals surface area (Å²) in [6.07, 6.45) is 3.02. The Morgan fingerprint density at radius 1 is 1.57 bits per heavy atom. The molecule has 2 N–H and O–H groups in total. The Morgan fingerprint density at radius 3 is 3.07 bits per heavy atom. The highest BCUT2D eigenvalue weighted by molar-refractivity contribution is 7.99. The van der Waals surface area contributed by atoms with E-state index in [1.54, 1.807) is 7.11 Å². The molecule has 1 aromatic rings. The monoisotopic (exact) mass is 215 g/mol. The van der Waals surface area contributed by atoms with Gasteiger partial charge in [0.05, 0.1) is 6.54 Å². The van der Waals surface area contributed by atoms with Gasteiger partial charge in [-0.3, -0.25) is 4.68 Å². The molecule has 80 valence electrons. The molecule has 1 heterocycles. The molecule has 0 amide bonds. The SMILES string of the molecule is COCCCSCCn1ccc(N)n1. The highest BCUT2D eigenvalue weighted by Crippen LogP contribution is 2.04. The van der Waals surface area contributed by atoms with E-state index in [0.29, 0.717) is 5.82 Å². The molecular formula is C9H17N3OS. The van der Waals surface area contributed by atoms with Gasteiger partial charge in [0.15, 0.2) is 0 Å². The van der Waals surface area contributed by atoms with Gasteiger partial charge in [0.2, 0.25) is 0 Å². The molecule has 0 spiro atoms. The van der Waals surface area contributed by atoms with E-state index in [2.05, 4.69) is 5.10 Å². The van der Waals surface area contributed by atoms with Crippen molar-refractivity contribution in [3.8, 4) is 0 Å². The van der Waals surface area contributed by atoms with E-state index in [1.807, 2.05) is 28.7 Å². The molecule has 0 radical (unpaired) electrons. The van der Waals surface area contributed by atoms with E-state index in [0.717, 1.165) is 31.1 Å². The van der Waals surface area contributed by atoms with Gasteiger partial charge in [-0.2, -0.15) is 16.9 Å². The number of aromatic nitrogens is 2. The van der Waals surface area contributed by atoms with Gasteiger partial charge in [-0.25, -0.2) is 0 Å². The fraction of sp³-hybridized carbons (Fsp3) is 0.667. The Morgan fingerprint density at radius 2 is 2.43 bits per heavy atom. The molecule has 0 aliphatic heterocycles. The second-order valence-corrected chi connectivity index (χ2v) is 4.19. The Bertz CT molecular complexity index is 252. The zero-order chi connectivity index (χ0) is 10.2. The van der Waals surface area contributed by atoms with Gasteiger partial charge in [0.1, 0.15) is 5.82 Å². The van der Waals surface area contributed by atoms with E-state index in [9.17, 15) is 0 Å². The van der Waals surface area contributed by atoms with E-state index < -0.39 is 0 Å². The topological polar surface area (TPSA) is 53.1 Å². The molecule has 0 aliphatic rings. The normalized spacial score (nSPS) is 10.6. The van der Waals surface area contributed by atoms with Crippen LogP contribution in [0.3, 0.4) is 0 Å². The number of aryl methyl sites for hydroxylation is 1. The zero-order valence-electron chi connectivity index (χ0n) is 8.48. The Hall–Kier alpha value is -0.680. The van der Waals surface area contributed by atoms with Crippen LogP contribution >= 0.6 is 11.8 Å². The van der Waals surface area contributed by atoms with Gasteiger partial charge in [0, 0.05) is 25.7 Å². The Balaban J connectivity index is 1.99. The number of nitrogen functional groups attached to an aromatic ring is 1. The summed E-state index contributed by atoms with van der Waals surface area (Å²) in [5, 5.41) is 4.10. The quantitative estimate of drug-likeness (QED) is 0.695. The third-order valence-electron chi connectivity index (χ3n) is 1.76. The van der Waals surface area contributed by atoms with Crippen LogP contribution in [0.15, 0.2) is 12.3 Å². The molecule has 0 aromatic carbocycles. The standard InChI is InChI=1S/C9H17N3OS/c1-13-6-2-7-14-8-5-12-4-3-9(10)11-12/h3-4H,2,5-8H2,1H3,(H2,10,11). The van der Waals surface area contributed by atoms with Crippen molar-refractivity contribution in [2.75, 3.05) is 31.0 Å². The number of ether oxygens (including phenoxy) is 1. The average molecular weight is 215 g/mol. The number of thioether (sulfide) groups is 1. The summed E-state index contributed by atoms with van der Waals surface area (Å²) in [6.45, 7) is 1.77. The molecule has 14 heavy (non-hydrogen) atoms. The van der Waals surface area contributed by atoms with Crippen LogP contribution in [-0.4, -0.2) is 35.0 Å². The summed E-state index contributed by atoms with van der Waals surface area (Å²) in [5.41, 5.74) is 5.49. The van der Waals surface area contributed by atoms with Crippen LogP contribution in [0.5, 0.6) is 0 Å². The average Bonchev–Trinajstić information content (AvgIpc) is 2.58. The van der Waals surface area contributed by atoms with Crippen LogP contribution in [0.4, 0.5) is 5.82 Å². The van der Waals surface area contributed by atoms with Crippen molar-refractivity contribution in [3.05, 3.63) is 12.3 Å². The van der Waals surface area contributed by atoms with Gasteiger partial charge in [-0.05, 0) is 18.2 Å². The second kappa shape index (κ2) is 6.73. The molecule has 4 nitrogen and oxygen atoms in total. The largest absolute Gasteiger partial charge is 0.385 e. The summed E-state index contributed by atoms with van der Waals surface area (Å²) < 4.78 is 6.84. The van der Waals surface area contributed by atoms with E-state index >= 15 is 0 Å². The number of hydrogen-bond donors (Lipinski definition) is 1. The third kappa shape index (κ3) is 4.53. The maximum absolute atomic E-state index is 5.49. The maximum Gasteiger partial charge on any atom is 0.145 e. The molecule has 1 aromatic heterocycles. The van der Waals surface area contributed by atoms with Crippen LogP contribution in [0.1, 0.15) is 6.42 Å². The number of anilines is 1. The first-order chi connectivity index (χ1) is 6.83. The predicted octanol–water partition coefficient (Wildman–Crippen LogP) is 1.23. The molecule has 1 rings (SSSR count). The van der Waals surface area contributed by atoms with Crippen molar-refractivity contribution in [1.82, 2.24) is 9.78 Å². The fourth-order valence-electron chi connectivity index (χ4n) is 1.07. The molecule has 0 saturated carbocycles. The zero-order valence-corrected chi connectivity index (χ0v) is 9.30. The summed E-state index contributed by atoms with van der Waals surface area (Å²) in [5.74, 6) is 2.81. The summed E-state index contributed by atoms with van der Waals surface area (Å²) in [7, 11) is 1.73. The molecule has 0 unspecified atom stereocenters. The Kier molecular flexibility index (Phi) is 5.47. The lowest BCUT2D eigenvalue weighted by molar-refractivity contribution is 0.200. The van der Waals surface area contributed by atoms with Gasteiger partial charge in [-0.15, -0.1) is 0 Å². The molecular weight excluding hydrogens is 198 g/mol. The maximum atomic E-state index is 5.49. The van der Waals surface area contributed by atoms with Crippen LogP contribution < -0.4 is 5.73 Å². The first-order valence-corrected chi connectivity index (χ1v) is 5.84. The lowest BCUT2D eigenvalue weighted by Crippen LogP contribution is -2.02. The predicted molar refractivity (Wildman–Crippen MR) is 60.5 cm³/mol. The van der Waals surface area contributed by atoms with Gasteiger partial charge in [-0.1, -0.05) is 0 Å². The van der Waals surface area contributed by atoms with Crippen LogP contribution in [0.2, 0.25) is 0 Å². The van der Waals surface area contributed by atoms with Crippen molar-refractivity contribution in [2.45, 2.75) is 13.0 Å². The van der Waals surface area contributed by atoms with Gasteiger partial charge in [0.25, 0.3) is 0 Å². The molecule has 0 atom stereocenters. The molecule has 0 bridgehead atoms. The molecule has 0 saturated heterocycles. The van der Waals surface area contributed by atoms with Crippen molar-refractivity contribution >= 4 is 17.6 Å². The Labute approximate surface area is 88.8 Å². The van der Waals surface area contributed by atoms with Crippen LogP contribution in [0, 0.1) is 0 Å². The summed E-state index contributed by atoms with van der Waals surface area (Å²) in [4.78, 5) is 0. The molecule has 0 fully saturated rings. The van der Waals surface area contributed by atoms with Gasteiger partial charge >= 0.3 is 0 Å².